The maximum absolute atomic E-state index is 12.4. The molecule has 3 aromatic carbocycles. The fourth-order valence-electron chi connectivity index (χ4n) is 4.12. The fourth-order valence-corrected chi connectivity index (χ4v) is 4.12. The molecule has 0 aliphatic carbocycles. The van der Waals surface area contributed by atoms with E-state index in [1.165, 1.54) is 16.6 Å². The zero-order chi connectivity index (χ0) is 23.0. The van der Waals surface area contributed by atoms with Crippen molar-refractivity contribution in [2.75, 3.05) is 6.54 Å². The molecule has 0 bridgehead atoms. The Hall–Kier alpha value is -3.40. The van der Waals surface area contributed by atoms with Crippen LogP contribution in [0.5, 0.6) is 0 Å². The number of benzene rings is 3. The van der Waals surface area contributed by atoms with Crippen molar-refractivity contribution < 1.29 is 4.79 Å². The van der Waals surface area contributed by atoms with Crippen LogP contribution in [-0.4, -0.2) is 22.0 Å². The highest BCUT2D eigenvalue weighted by atomic mass is 16.1. The Balaban J connectivity index is 1.28. The van der Waals surface area contributed by atoms with Crippen molar-refractivity contribution in [1.82, 2.24) is 14.9 Å². The molecule has 0 saturated heterocycles. The summed E-state index contributed by atoms with van der Waals surface area (Å²) >= 11 is 0. The van der Waals surface area contributed by atoms with Gasteiger partial charge in [0, 0.05) is 19.5 Å². The van der Waals surface area contributed by atoms with Gasteiger partial charge in [0.25, 0.3) is 0 Å². The van der Waals surface area contributed by atoms with E-state index >= 15 is 0 Å². The van der Waals surface area contributed by atoms with Gasteiger partial charge in [0.15, 0.2) is 0 Å². The molecule has 1 heterocycles. The fraction of sp³-hybridized carbons (Fsp3) is 0.310. The Morgan fingerprint density at radius 1 is 0.909 bits per heavy atom. The van der Waals surface area contributed by atoms with Crippen molar-refractivity contribution >= 4 is 16.9 Å². The summed E-state index contributed by atoms with van der Waals surface area (Å²) in [5, 5.41) is 3.08. The van der Waals surface area contributed by atoms with Crippen LogP contribution in [-0.2, 0) is 24.2 Å². The van der Waals surface area contributed by atoms with Crippen LogP contribution in [0.2, 0.25) is 0 Å². The van der Waals surface area contributed by atoms with Crippen LogP contribution < -0.4 is 5.32 Å². The van der Waals surface area contributed by atoms with Crippen molar-refractivity contribution in [1.29, 1.82) is 0 Å². The summed E-state index contributed by atoms with van der Waals surface area (Å²) in [6.07, 6.45) is 3.28. The zero-order valence-corrected chi connectivity index (χ0v) is 19.6. The Bertz CT molecular complexity index is 1180. The van der Waals surface area contributed by atoms with E-state index in [2.05, 4.69) is 66.2 Å². The number of carbonyl (C=O) groups excluding carboxylic acids is 1. The SMILES string of the molecule is CC(C)CCn1c(CCCNC(=O)Cc2ccc(-c3ccccc3)cc2)nc2ccccc21. The third kappa shape index (κ3) is 6.10. The Labute approximate surface area is 196 Å². The predicted octanol–water partition coefficient (Wildman–Crippen LogP) is 6.04. The molecule has 0 radical (unpaired) electrons. The lowest BCUT2D eigenvalue weighted by atomic mass is 10.0. The number of hydrogen-bond acceptors (Lipinski definition) is 2. The lowest BCUT2D eigenvalue weighted by Gasteiger charge is -2.11. The molecule has 33 heavy (non-hydrogen) atoms. The van der Waals surface area contributed by atoms with Gasteiger partial charge in [-0.3, -0.25) is 4.79 Å². The second-order valence-electron chi connectivity index (χ2n) is 9.04. The lowest BCUT2D eigenvalue weighted by Crippen LogP contribution is -2.26. The van der Waals surface area contributed by atoms with Gasteiger partial charge in [0.05, 0.1) is 17.5 Å². The van der Waals surface area contributed by atoms with E-state index in [4.69, 9.17) is 4.98 Å². The highest BCUT2D eigenvalue weighted by molar-refractivity contribution is 5.79. The Kier molecular flexibility index (Phi) is 7.56. The molecule has 170 valence electrons. The summed E-state index contributed by atoms with van der Waals surface area (Å²) in [5.74, 6) is 1.83. The standard InChI is InChI=1S/C29H33N3O/c1-22(2)18-20-32-27-12-7-6-11-26(27)31-28(32)13-8-19-30-29(33)21-23-14-16-25(17-15-23)24-9-4-3-5-10-24/h3-7,9-12,14-17,22H,8,13,18-21H2,1-2H3,(H,30,33). The first-order valence-corrected chi connectivity index (χ1v) is 12.0. The van der Waals surface area contributed by atoms with Gasteiger partial charge in [-0.15, -0.1) is 0 Å². The summed E-state index contributed by atoms with van der Waals surface area (Å²) in [4.78, 5) is 17.3. The molecule has 1 N–H and O–H groups in total. The topological polar surface area (TPSA) is 46.9 Å². The van der Waals surface area contributed by atoms with Crippen molar-refractivity contribution in [3.8, 4) is 11.1 Å². The number of fused-ring (bicyclic) bond motifs is 1. The molecular weight excluding hydrogens is 406 g/mol. The number of aryl methyl sites for hydroxylation is 2. The zero-order valence-electron chi connectivity index (χ0n) is 19.6. The van der Waals surface area contributed by atoms with Gasteiger partial charge >= 0.3 is 0 Å². The number of rotatable bonds is 10. The average molecular weight is 440 g/mol. The van der Waals surface area contributed by atoms with Crippen LogP contribution in [0, 0.1) is 5.92 Å². The highest BCUT2D eigenvalue weighted by Crippen LogP contribution is 2.20. The number of nitrogens with zero attached hydrogens (tertiary/aromatic N) is 2. The number of aromatic nitrogens is 2. The number of nitrogens with one attached hydrogen (secondary N) is 1. The minimum absolute atomic E-state index is 0.0655. The number of imidazole rings is 1. The Morgan fingerprint density at radius 3 is 2.36 bits per heavy atom. The molecule has 0 aliphatic heterocycles. The molecular formula is C29H33N3O. The van der Waals surface area contributed by atoms with Gasteiger partial charge in [-0.2, -0.15) is 0 Å². The molecule has 0 aliphatic rings. The maximum Gasteiger partial charge on any atom is 0.224 e. The minimum atomic E-state index is 0.0655. The van der Waals surface area contributed by atoms with Crippen molar-refractivity contribution in [3.05, 3.63) is 90.3 Å². The summed E-state index contributed by atoms with van der Waals surface area (Å²) in [7, 11) is 0. The molecule has 1 aromatic heterocycles. The quantitative estimate of drug-likeness (QED) is 0.306. The summed E-state index contributed by atoms with van der Waals surface area (Å²) < 4.78 is 2.35. The van der Waals surface area contributed by atoms with E-state index in [-0.39, 0.29) is 5.91 Å². The molecule has 1 amide bonds. The van der Waals surface area contributed by atoms with Crippen molar-refractivity contribution in [2.24, 2.45) is 5.92 Å². The van der Waals surface area contributed by atoms with Crippen molar-refractivity contribution in [2.45, 2.75) is 46.1 Å². The summed E-state index contributed by atoms with van der Waals surface area (Å²) in [6.45, 7) is 6.15. The smallest absolute Gasteiger partial charge is 0.224 e. The number of carbonyl (C=O) groups is 1. The number of amides is 1. The van der Waals surface area contributed by atoms with Gasteiger partial charge in [-0.25, -0.2) is 4.98 Å². The van der Waals surface area contributed by atoms with E-state index in [1.807, 2.05) is 36.4 Å². The van der Waals surface area contributed by atoms with E-state index in [9.17, 15) is 4.79 Å². The van der Waals surface area contributed by atoms with Gasteiger partial charge < -0.3 is 9.88 Å². The van der Waals surface area contributed by atoms with Crippen LogP contribution in [0.15, 0.2) is 78.9 Å². The number of para-hydroxylation sites is 2. The molecule has 0 saturated carbocycles. The van der Waals surface area contributed by atoms with Gasteiger partial charge in [-0.05, 0) is 47.6 Å². The van der Waals surface area contributed by atoms with Crippen LogP contribution in [0.3, 0.4) is 0 Å². The molecule has 4 nitrogen and oxygen atoms in total. The monoisotopic (exact) mass is 439 g/mol. The maximum atomic E-state index is 12.4. The average Bonchev–Trinajstić information content (AvgIpc) is 3.19. The minimum Gasteiger partial charge on any atom is -0.356 e. The van der Waals surface area contributed by atoms with Gasteiger partial charge in [-0.1, -0.05) is 80.6 Å². The molecule has 4 heteroatoms. The molecule has 0 fully saturated rings. The molecule has 0 spiro atoms. The normalized spacial score (nSPS) is 11.2. The highest BCUT2D eigenvalue weighted by Gasteiger charge is 2.11. The lowest BCUT2D eigenvalue weighted by molar-refractivity contribution is -0.120. The van der Waals surface area contributed by atoms with Gasteiger partial charge in [0.2, 0.25) is 5.91 Å². The first-order valence-electron chi connectivity index (χ1n) is 12.0. The van der Waals surface area contributed by atoms with Crippen LogP contribution in [0.1, 0.15) is 38.1 Å². The summed E-state index contributed by atoms with van der Waals surface area (Å²) in [5.41, 5.74) is 5.64. The van der Waals surface area contributed by atoms with Crippen LogP contribution in [0.4, 0.5) is 0 Å². The molecule has 4 rings (SSSR count). The van der Waals surface area contributed by atoms with E-state index < -0.39 is 0 Å². The van der Waals surface area contributed by atoms with Crippen LogP contribution in [0.25, 0.3) is 22.2 Å². The van der Waals surface area contributed by atoms with Crippen LogP contribution >= 0.6 is 0 Å². The predicted molar refractivity (Wildman–Crippen MR) is 136 cm³/mol. The second kappa shape index (κ2) is 11.0. The van der Waals surface area contributed by atoms with Crippen molar-refractivity contribution in [3.63, 3.8) is 0 Å². The Morgan fingerprint density at radius 2 is 1.61 bits per heavy atom. The molecule has 4 aromatic rings. The third-order valence-corrected chi connectivity index (χ3v) is 5.99. The van der Waals surface area contributed by atoms with Gasteiger partial charge in [0.1, 0.15) is 5.82 Å². The summed E-state index contributed by atoms with van der Waals surface area (Å²) in [6, 6.07) is 26.9. The second-order valence-corrected chi connectivity index (χ2v) is 9.04. The largest absolute Gasteiger partial charge is 0.356 e. The first-order chi connectivity index (χ1) is 16.1. The third-order valence-electron chi connectivity index (χ3n) is 5.99. The van der Waals surface area contributed by atoms with E-state index in [0.29, 0.717) is 18.9 Å². The first kappa shape index (κ1) is 22.8. The molecule has 0 unspecified atom stereocenters. The number of hydrogen-bond donors (Lipinski definition) is 1. The molecule has 0 atom stereocenters. The van der Waals surface area contributed by atoms with E-state index in [1.54, 1.807) is 0 Å². The van der Waals surface area contributed by atoms with E-state index in [0.717, 1.165) is 42.7 Å².